The number of amides is 1. The van der Waals surface area contributed by atoms with Gasteiger partial charge in [-0.3, -0.25) is 9.59 Å². The Hall–Kier alpha value is -4.88. The Morgan fingerprint density at radius 1 is 0.757 bits per heavy atom. The maximum absolute atomic E-state index is 13.2. The molecule has 0 radical (unpaired) electrons. The average Bonchev–Trinajstić information content (AvgIpc) is 3.51. The van der Waals surface area contributed by atoms with E-state index in [0.29, 0.717) is 11.8 Å². The van der Waals surface area contributed by atoms with Crippen LogP contribution in [0, 0.1) is 0 Å². The molecule has 4 aromatic carbocycles. The van der Waals surface area contributed by atoms with Crippen LogP contribution in [0.1, 0.15) is 0 Å². The predicted octanol–water partition coefficient (Wildman–Crippen LogP) is 5.00. The second-order valence-corrected chi connectivity index (χ2v) is 9.08. The van der Waals surface area contributed by atoms with E-state index in [0.717, 1.165) is 32.8 Å². The van der Waals surface area contributed by atoms with Crippen molar-refractivity contribution < 1.29 is 14.3 Å². The number of fused-ring (bicyclic) bond motifs is 2. The van der Waals surface area contributed by atoms with E-state index in [1.807, 2.05) is 78.9 Å². The summed E-state index contributed by atoms with van der Waals surface area (Å²) >= 11 is 0. The minimum atomic E-state index is -1.24. The summed E-state index contributed by atoms with van der Waals surface area (Å²) in [5, 5.41) is 9.19. The Labute approximate surface area is 211 Å². The highest BCUT2D eigenvalue weighted by molar-refractivity contribution is 6.03. The summed E-state index contributed by atoms with van der Waals surface area (Å²) in [6.07, 6.45) is 6.00. The molecule has 1 fully saturated rings. The van der Waals surface area contributed by atoms with Crippen LogP contribution in [0.15, 0.2) is 109 Å². The zero-order chi connectivity index (χ0) is 25.0. The van der Waals surface area contributed by atoms with Crippen LogP contribution in [-0.2, 0) is 14.3 Å². The fraction of sp³-hybridized carbons (Fsp3) is 0.0667. The van der Waals surface area contributed by atoms with Gasteiger partial charge in [0.25, 0.3) is 5.91 Å². The number of nitrogens with zero attached hydrogens (tertiary/aromatic N) is 4. The van der Waals surface area contributed by atoms with Gasteiger partial charge in [0.1, 0.15) is 6.61 Å². The minimum Gasteiger partial charge on any atom is -0.338 e. The molecule has 1 saturated heterocycles. The van der Waals surface area contributed by atoms with Gasteiger partial charge in [0.15, 0.2) is 17.3 Å². The summed E-state index contributed by atoms with van der Waals surface area (Å²) in [6.45, 7) is -0.140. The van der Waals surface area contributed by atoms with E-state index in [2.05, 4.69) is 6.07 Å². The normalized spacial score (nSPS) is 16.5. The Morgan fingerprint density at radius 2 is 1.41 bits per heavy atom. The molecular formula is C30H20N4O3. The summed E-state index contributed by atoms with van der Waals surface area (Å²) in [6, 6.07) is 28.2. The van der Waals surface area contributed by atoms with Gasteiger partial charge in [0.05, 0.1) is 5.69 Å². The van der Waals surface area contributed by atoms with Crippen molar-refractivity contribution in [3.8, 4) is 17.1 Å². The van der Waals surface area contributed by atoms with Crippen LogP contribution < -0.4 is 4.90 Å². The monoisotopic (exact) mass is 484 g/mol. The van der Waals surface area contributed by atoms with Crippen molar-refractivity contribution in [2.75, 3.05) is 11.5 Å². The molecule has 1 amide bonds. The molecule has 2 aliphatic rings. The van der Waals surface area contributed by atoms with Crippen molar-refractivity contribution in [3.63, 3.8) is 0 Å². The molecule has 0 unspecified atom stereocenters. The Balaban J connectivity index is 1.44. The van der Waals surface area contributed by atoms with Crippen molar-refractivity contribution in [3.05, 3.63) is 109 Å². The lowest BCUT2D eigenvalue weighted by atomic mass is 10.1. The third-order valence-electron chi connectivity index (χ3n) is 6.77. The largest absolute Gasteiger partial charge is 0.338 e. The number of hydrogen-bond donors (Lipinski definition) is 0. The van der Waals surface area contributed by atoms with Crippen LogP contribution in [-0.4, -0.2) is 38.8 Å². The molecule has 7 nitrogen and oxygen atoms in total. The van der Waals surface area contributed by atoms with E-state index in [1.165, 1.54) is 17.1 Å². The fourth-order valence-electron chi connectivity index (χ4n) is 4.91. The molecule has 1 aromatic heterocycles. The summed E-state index contributed by atoms with van der Waals surface area (Å²) in [5.41, 5.74) is 0.335. The molecule has 5 aromatic rings. The van der Waals surface area contributed by atoms with Crippen LogP contribution in [0.3, 0.4) is 0 Å². The zero-order valence-corrected chi connectivity index (χ0v) is 19.6. The van der Waals surface area contributed by atoms with Crippen LogP contribution in [0.5, 0.6) is 0 Å². The van der Waals surface area contributed by atoms with Gasteiger partial charge in [-0.25, -0.2) is 4.90 Å². The maximum Gasteiger partial charge on any atom is 0.258 e. The summed E-state index contributed by atoms with van der Waals surface area (Å²) in [4.78, 5) is 31.4. The number of ketones is 1. The Bertz CT molecular complexity index is 1780. The second kappa shape index (κ2) is 8.08. The van der Waals surface area contributed by atoms with Gasteiger partial charge in [-0.15, -0.1) is 5.10 Å². The van der Waals surface area contributed by atoms with Gasteiger partial charge in [0, 0.05) is 5.56 Å². The van der Waals surface area contributed by atoms with Crippen molar-refractivity contribution in [2.24, 2.45) is 0 Å². The number of carbonyl (C=O) groups excluding carboxylic acids is 2. The number of benzene rings is 4. The first-order chi connectivity index (χ1) is 18.1. The van der Waals surface area contributed by atoms with E-state index in [9.17, 15) is 9.59 Å². The summed E-state index contributed by atoms with van der Waals surface area (Å²) in [7, 11) is 0. The lowest BCUT2D eigenvalue weighted by Crippen LogP contribution is -2.46. The number of carbonyl (C=O) groups is 2. The first-order valence-corrected chi connectivity index (χ1v) is 11.9. The van der Waals surface area contributed by atoms with Crippen LogP contribution in [0.2, 0.25) is 0 Å². The number of anilines is 1. The summed E-state index contributed by atoms with van der Waals surface area (Å²) < 4.78 is 7.58. The van der Waals surface area contributed by atoms with E-state index >= 15 is 0 Å². The van der Waals surface area contributed by atoms with Crippen molar-refractivity contribution in [2.45, 2.75) is 5.72 Å². The van der Waals surface area contributed by atoms with Gasteiger partial charge in [0.2, 0.25) is 5.95 Å². The van der Waals surface area contributed by atoms with Gasteiger partial charge in [-0.2, -0.15) is 9.67 Å². The topological polar surface area (TPSA) is 77.3 Å². The van der Waals surface area contributed by atoms with Crippen LogP contribution in [0.4, 0.5) is 5.95 Å². The standard InChI is InChI=1S/C30H20N4O3/c35-26-13-15-30(16-14-26)33(27(36)19-37-30)29-31-28(24-10-9-20-5-1-3-7-22(20)17-24)32-34(29)25-12-11-21-6-2-4-8-23(21)18-25/h1-18H,19H2. The van der Waals surface area contributed by atoms with Crippen molar-refractivity contribution >= 4 is 39.2 Å². The number of ether oxygens (including phenoxy) is 1. The second-order valence-electron chi connectivity index (χ2n) is 9.08. The van der Waals surface area contributed by atoms with Crippen molar-refractivity contribution in [1.82, 2.24) is 14.8 Å². The number of aromatic nitrogens is 3. The molecule has 1 aliphatic carbocycles. The number of hydrogen-bond acceptors (Lipinski definition) is 5. The first kappa shape index (κ1) is 21.4. The van der Waals surface area contributed by atoms with Gasteiger partial charge in [-0.05, 0) is 64.0 Å². The highest BCUT2D eigenvalue weighted by Gasteiger charge is 2.48. The molecule has 0 saturated carbocycles. The van der Waals surface area contributed by atoms with Gasteiger partial charge in [-0.1, -0.05) is 66.7 Å². The molecule has 178 valence electrons. The third kappa shape index (κ3) is 3.48. The van der Waals surface area contributed by atoms with Crippen molar-refractivity contribution in [1.29, 1.82) is 0 Å². The molecule has 0 N–H and O–H groups in total. The lowest BCUT2D eigenvalue weighted by molar-refractivity contribution is -0.117. The predicted molar refractivity (Wildman–Crippen MR) is 141 cm³/mol. The first-order valence-electron chi connectivity index (χ1n) is 11.9. The molecule has 0 atom stereocenters. The van der Waals surface area contributed by atoms with E-state index in [-0.39, 0.29) is 18.3 Å². The zero-order valence-electron chi connectivity index (χ0n) is 19.6. The Kier molecular flexibility index (Phi) is 4.67. The molecule has 7 heteroatoms. The van der Waals surface area contributed by atoms with Gasteiger partial charge < -0.3 is 4.74 Å². The van der Waals surface area contributed by atoms with E-state index < -0.39 is 5.72 Å². The van der Waals surface area contributed by atoms with Gasteiger partial charge >= 0.3 is 0 Å². The van der Waals surface area contributed by atoms with E-state index in [1.54, 1.807) is 16.8 Å². The quantitative estimate of drug-likeness (QED) is 0.360. The lowest BCUT2D eigenvalue weighted by Gasteiger charge is -2.31. The molecule has 1 aliphatic heterocycles. The molecular weight excluding hydrogens is 464 g/mol. The SMILES string of the molecule is O=C1C=CC2(C=C1)OCC(=O)N2c1nc(-c2ccc3ccccc3c2)nn1-c1ccc2ccccc2c1. The highest BCUT2D eigenvalue weighted by Crippen LogP contribution is 2.36. The molecule has 0 bridgehead atoms. The fourth-order valence-corrected chi connectivity index (χ4v) is 4.91. The van der Waals surface area contributed by atoms with Crippen LogP contribution in [0.25, 0.3) is 38.6 Å². The number of rotatable bonds is 3. The smallest absolute Gasteiger partial charge is 0.258 e. The molecule has 2 heterocycles. The molecule has 7 rings (SSSR count). The maximum atomic E-state index is 13.2. The Morgan fingerprint density at radius 3 is 2.14 bits per heavy atom. The van der Waals surface area contributed by atoms with E-state index in [4.69, 9.17) is 14.8 Å². The highest BCUT2D eigenvalue weighted by atomic mass is 16.5. The number of allylic oxidation sites excluding steroid dienone is 2. The minimum absolute atomic E-state index is 0.140. The molecule has 1 spiro atoms. The third-order valence-corrected chi connectivity index (χ3v) is 6.77. The van der Waals surface area contributed by atoms with Crippen LogP contribution >= 0.6 is 0 Å². The average molecular weight is 485 g/mol. The summed E-state index contributed by atoms with van der Waals surface area (Å²) in [5.74, 6) is 0.345. The molecule has 37 heavy (non-hydrogen) atoms.